The van der Waals surface area contributed by atoms with Crippen LogP contribution in [0.4, 0.5) is 0 Å². The highest BCUT2D eigenvalue weighted by Crippen LogP contribution is 2.44. The van der Waals surface area contributed by atoms with Crippen molar-refractivity contribution in [3.8, 4) is 11.5 Å². The van der Waals surface area contributed by atoms with Crippen LogP contribution in [-0.2, 0) is 22.4 Å². The molecule has 0 bridgehead atoms. The van der Waals surface area contributed by atoms with E-state index in [4.69, 9.17) is 31.9 Å². The fourth-order valence-electron chi connectivity index (χ4n) is 8.45. The first-order chi connectivity index (χ1) is 28.0. The van der Waals surface area contributed by atoms with Gasteiger partial charge in [0.2, 0.25) is 8.32 Å². The Balaban J connectivity index is 1.91. The van der Waals surface area contributed by atoms with Gasteiger partial charge in [-0.25, -0.2) is 0 Å². The van der Waals surface area contributed by atoms with Gasteiger partial charge in [-0.3, -0.25) is 0 Å². The van der Waals surface area contributed by atoms with Crippen LogP contribution in [0.1, 0.15) is 75.7 Å². The topological polar surface area (TPSA) is 64.6 Å². The third-order valence-electron chi connectivity index (χ3n) is 13.1. The van der Waals surface area contributed by atoms with Gasteiger partial charge in [0.15, 0.2) is 16.6 Å². The molecule has 0 spiro atoms. The van der Waals surface area contributed by atoms with Gasteiger partial charge in [0, 0.05) is 12.5 Å². The molecule has 1 aliphatic heterocycles. The Labute approximate surface area is 369 Å². The van der Waals surface area contributed by atoms with Crippen LogP contribution >= 0.6 is 0 Å². The highest BCUT2D eigenvalue weighted by Gasteiger charge is 2.55. The summed E-state index contributed by atoms with van der Waals surface area (Å²) >= 11 is 0. The van der Waals surface area contributed by atoms with E-state index in [0.29, 0.717) is 18.8 Å². The van der Waals surface area contributed by atoms with E-state index in [2.05, 4.69) is 169 Å². The Morgan fingerprint density at radius 3 is 1.65 bits per heavy atom. The Bertz CT molecular complexity index is 1720. The van der Waals surface area contributed by atoms with Gasteiger partial charge in [-0.15, -0.1) is 0 Å². The first-order valence-electron chi connectivity index (χ1n) is 22.4. The molecular weight excluding hydrogens is 813 g/mol. The molecule has 4 rings (SSSR count). The first kappa shape index (κ1) is 50.2. The lowest BCUT2D eigenvalue weighted by Gasteiger charge is -2.52. The van der Waals surface area contributed by atoms with Crippen molar-refractivity contribution in [3.63, 3.8) is 0 Å². The summed E-state index contributed by atoms with van der Waals surface area (Å²) in [6, 6.07) is 32.6. The predicted octanol–water partition coefficient (Wildman–Crippen LogP) is 12.0. The second-order valence-corrected chi connectivity index (χ2v) is 38.6. The number of ether oxygens (including phenoxy) is 3. The molecule has 0 saturated carbocycles. The standard InChI is InChI=1S/C49H80O7Si4/c1-18-59(19-2,20-3)56-45-37(4)44(46(38(5)54-57(13,14)15)55-58(16,17)48(6,7)8)53-43(47(45)52-40-33-31-39(50-12)32-34-40)35-36-51-60(49(9,10)11,41-27-23-21-24-28-41)42-29-25-22-26-30-42/h21-34,37,43-47H,5,18-20,35-36H2,1-4,6-17H3/t37-,43+,44+,45+,46+,47+/m0/s1. The van der Waals surface area contributed by atoms with Crippen LogP contribution in [-0.4, -0.2) is 77.5 Å². The molecule has 0 radical (unpaired) electrons. The summed E-state index contributed by atoms with van der Waals surface area (Å²) in [6.45, 7) is 39.2. The van der Waals surface area contributed by atoms with Gasteiger partial charge in [0.25, 0.3) is 8.32 Å². The monoisotopic (exact) mass is 892 g/mol. The molecule has 334 valence electrons. The van der Waals surface area contributed by atoms with Crippen LogP contribution in [0.2, 0.25) is 60.9 Å². The van der Waals surface area contributed by atoms with Gasteiger partial charge in [0.1, 0.15) is 29.5 Å². The zero-order valence-electron chi connectivity index (χ0n) is 40.1. The lowest BCUT2D eigenvalue weighted by atomic mass is 9.84. The molecule has 0 unspecified atom stereocenters. The van der Waals surface area contributed by atoms with Crippen molar-refractivity contribution in [1.82, 2.24) is 0 Å². The Hall–Kier alpha value is -2.49. The van der Waals surface area contributed by atoms with Gasteiger partial charge >= 0.3 is 0 Å². The Kier molecular flexibility index (Phi) is 17.0. The summed E-state index contributed by atoms with van der Waals surface area (Å²) in [5, 5.41) is 2.28. The van der Waals surface area contributed by atoms with Crippen LogP contribution in [0.25, 0.3) is 0 Å². The van der Waals surface area contributed by atoms with E-state index in [0.717, 1.165) is 29.6 Å². The molecule has 1 fully saturated rings. The van der Waals surface area contributed by atoms with E-state index in [9.17, 15) is 0 Å². The van der Waals surface area contributed by atoms with Crippen LogP contribution in [0.15, 0.2) is 97.3 Å². The third kappa shape index (κ3) is 11.7. The molecule has 1 aliphatic rings. The van der Waals surface area contributed by atoms with E-state index in [1.54, 1.807) is 7.11 Å². The highest BCUT2D eigenvalue weighted by atomic mass is 28.4. The zero-order chi connectivity index (χ0) is 44.7. The number of hydrogen-bond acceptors (Lipinski definition) is 7. The minimum atomic E-state index is -2.85. The van der Waals surface area contributed by atoms with Gasteiger partial charge in [-0.1, -0.05) is 136 Å². The minimum absolute atomic E-state index is 0.0454. The largest absolute Gasteiger partial charge is 0.546 e. The molecule has 0 amide bonds. The average Bonchev–Trinajstić information content (AvgIpc) is 3.19. The number of rotatable bonds is 20. The van der Waals surface area contributed by atoms with Crippen LogP contribution in [0.3, 0.4) is 0 Å². The normalized spacial score (nSPS) is 21.3. The molecule has 11 heteroatoms. The van der Waals surface area contributed by atoms with Crippen molar-refractivity contribution in [2.75, 3.05) is 13.7 Å². The Morgan fingerprint density at radius 2 is 1.22 bits per heavy atom. The van der Waals surface area contributed by atoms with E-state index in [1.807, 2.05) is 24.3 Å². The smallest absolute Gasteiger partial charge is 0.261 e. The van der Waals surface area contributed by atoms with Gasteiger partial charge in [-0.05, 0) is 102 Å². The van der Waals surface area contributed by atoms with Crippen molar-refractivity contribution in [3.05, 3.63) is 97.3 Å². The van der Waals surface area contributed by atoms with Crippen LogP contribution in [0.5, 0.6) is 11.5 Å². The lowest BCUT2D eigenvalue weighted by molar-refractivity contribution is -0.207. The van der Waals surface area contributed by atoms with Gasteiger partial charge in [-0.2, -0.15) is 0 Å². The lowest BCUT2D eigenvalue weighted by Crippen LogP contribution is -2.67. The number of benzene rings is 3. The maximum absolute atomic E-state index is 7.67. The molecular formula is C49H80O7Si4. The summed E-state index contributed by atoms with van der Waals surface area (Å²) in [6.07, 6.45) is -1.44. The molecule has 3 aromatic carbocycles. The highest BCUT2D eigenvalue weighted by molar-refractivity contribution is 6.99. The van der Waals surface area contributed by atoms with Gasteiger partial charge < -0.3 is 31.9 Å². The summed E-state index contributed by atoms with van der Waals surface area (Å²) in [5.74, 6) is 2.06. The first-order valence-corrected chi connectivity index (χ1v) is 33.2. The molecule has 0 aromatic heterocycles. The van der Waals surface area contributed by atoms with Crippen LogP contribution in [0, 0.1) is 5.92 Å². The number of hydrogen-bond donors (Lipinski definition) is 0. The average molecular weight is 894 g/mol. The quantitative estimate of drug-likeness (QED) is 0.0827. The molecule has 3 aromatic rings. The van der Waals surface area contributed by atoms with Crippen LogP contribution < -0.4 is 19.8 Å². The van der Waals surface area contributed by atoms with Crippen molar-refractivity contribution >= 4 is 43.6 Å². The molecule has 0 N–H and O–H groups in total. The van der Waals surface area contributed by atoms with E-state index < -0.39 is 57.7 Å². The fraction of sp³-hybridized carbons (Fsp3) is 0.592. The van der Waals surface area contributed by atoms with Gasteiger partial charge in [0.05, 0.1) is 25.4 Å². The fourth-order valence-corrected chi connectivity index (χ4v) is 18.1. The SMILES string of the molecule is C=C(O[Si](C)(C)C)[C@@H](O[Si](C)(C)C(C)(C)C)[C@@H]1O[C@H](CCO[Si](c2ccccc2)(c2ccccc2)C(C)(C)C)[C@@H](Oc2ccc(OC)cc2)[C@H](O[Si](CC)(CC)CC)[C@H]1C. The van der Waals surface area contributed by atoms with Crippen molar-refractivity contribution in [2.45, 2.75) is 167 Å². The van der Waals surface area contributed by atoms with Crippen molar-refractivity contribution in [2.24, 2.45) is 5.92 Å². The molecule has 1 heterocycles. The predicted molar refractivity (Wildman–Crippen MR) is 261 cm³/mol. The zero-order valence-corrected chi connectivity index (χ0v) is 44.1. The second-order valence-electron chi connectivity index (χ2n) is 20.4. The molecule has 60 heavy (non-hydrogen) atoms. The molecule has 1 saturated heterocycles. The summed E-state index contributed by atoms with van der Waals surface area (Å²) in [7, 11) is -7.79. The Morgan fingerprint density at radius 1 is 0.717 bits per heavy atom. The second kappa shape index (κ2) is 20.3. The van der Waals surface area contributed by atoms with Crippen molar-refractivity contribution < 1.29 is 31.9 Å². The van der Waals surface area contributed by atoms with Crippen molar-refractivity contribution in [1.29, 1.82) is 0 Å². The third-order valence-corrected chi connectivity index (χ3v) is 28.1. The molecule has 0 aliphatic carbocycles. The molecule has 6 atom stereocenters. The maximum Gasteiger partial charge on any atom is 0.261 e. The maximum atomic E-state index is 7.67. The van der Waals surface area contributed by atoms with E-state index in [1.165, 1.54) is 10.4 Å². The van der Waals surface area contributed by atoms with E-state index >= 15 is 0 Å². The summed E-state index contributed by atoms with van der Waals surface area (Å²) < 4.78 is 49.6. The summed E-state index contributed by atoms with van der Waals surface area (Å²) in [4.78, 5) is 0. The summed E-state index contributed by atoms with van der Waals surface area (Å²) in [5.41, 5.74) is 0. The minimum Gasteiger partial charge on any atom is -0.546 e. The molecule has 7 nitrogen and oxygen atoms in total. The number of methoxy groups -OCH3 is 1. The van der Waals surface area contributed by atoms with E-state index in [-0.39, 0.29) is 22.1 Å².